The van der Waals surface area contributed by atoms with E-state index in [-0.39, 0.29) is 55.6 Å². The third kappa shape index (κ3) is 4.21. The van der Waals surface area contributed by atoms with E-state index in [1.54, 1.807) is 28.5 Å². The number of nitrogens with zero attached hydrogens (tertiary/aromatic N) is 3. The monoisotopic (exact) mass is 563 g/mol. The molecule has 214 valence electrons. The Morgan fingerprint density at radius 1 is 1.12 bits per heavy atom. The second-order valence-corrected chi connectivity index (χ2v) is 10.2. The van der Waals surface area contributed by atoms with Crippen molar-refractivity contribution in [2.45, 2.75) is 52.4 Å². The predicted molar refractivity (Wildman–Crippen MR) is 143 cm³/mol. The average molecular weight is 564 g/mol. The molecule has 0 bridgehead atoms. The highest BCUT2D eigenvalue weighted by molar-refractivity contribution is 5.91. The first-order chi connectivity index (χ1) is 19.7. The molecule has 5 heterocycles. The fourth-order valence-corrected chi connectivity index (χ4v) is 5.80. The van der Waals surface area contributed by atoms with Gasteiger partial charge < -0.3 is 33.5 Å². The van der Waals surface area contributed by atoms with Crippen LogP contribution in [0.5, 0.6) is 11.5 Å². The van der Waals surface area contributed by atoms with Gasteiger partial charge in [-0.2, -0.15) is 0 Å². The van der Waals surface area contributed by atoms with Gasteiger partial charge in [0.2, 0.25) is 6.79 Å². The van der Waals surface area contributed by atoms with Crippen molar-refractivity contribution in [1.29, 1.82) is 0 Å². The Morgan fingerprint density at radius 2 is 1.88 bits per heavy atom. The molecule has 0 radical (unpaired) electrons. The maximum Gasteiger partial charge on any atom is 0.343 e. The number of ether oxygens (including phenoxy) is 4. The topological polar surface area (TPSA) is 146 Å². The first-order valence-corrected chi connectivity index (χ1v) is 13.5. The molecule has 1 atom stereocenters. The van der Waals surface area contributed by atoms with Crippen LogP contribution in [0, 0.1) is 0 Å². The summed E-state index contributed by atoms with van der Waals surface area (Å²) in [4.78, 5) is 56.7. The third-order valence-corrected chi connectivity index (χ3v) is 8.07. The van der Waals surface area contributed by atoms with Crippen molar-refractivity contribution in [2.75, 3.05) is 26.5 Å². The van der Waals surface area contributed by atoms with Gasteiger partial charge in [-0.25, -0.2) is 9.78 Å². The summed E-state index contributed by atoms with van der Waals surface area (Å²) in [5.41, 5.74) is 1.52. The number of aliphatic hydroxyl groups is 1. The van der Waals surface area contributed by atoms with Gasteiger partial charge >= 0.3 is 11.9 Å². The minimum Gasteiger partial charge on any atom is -0.458 e. The fourth-order valence-electron chi connectivity index (χ4n) is 5.80. The number of rotatable bonds is 7. The number of fused-ring (bicyclic) bond motifs is 6. The Bertz CT molecular complexity index is 1700. The lowest BCUT2D eigenvalue weighted by atomic mass is 9.86. The van der Waals surface area contributed by atoms with Crippen LogP contribution < -0.4 is 15.0 Å². The fraction of sp³-hybridized carbons (Fsp3) is 0.414. The zero-order valence-electron chi connectivity index (χ0n) is 22.9. The van der Waals surface area contributed by atoms with E-state index in [1.165, 1.54) is 6.92 Å². The lowest BCUT2D eigenvalue weighted by molar-refractivity contribution is -0.172. The van der Waals surface area contributed by atoms with Crippen LogP contribution in [-0.2, 0) is 49.0 Å². The lowest BCUT2D eigenvalue weighted by Crippen LogP contribution is -2.44. The van der Waals surface area contributed by atoms with E-state index in [2.05, 4.69) is 0 Å². The Labute approximate surface area is 234 Å². The molecule has 0 aliphatic carbocycles. The highest BCUT2D eigenvalue weighted by atomic mass is 16.7. The van der Waals surface area contributed by atoms with Crippen molar-refractivity contribution in [3.63, 3.8) is 0 Å². The Kier molecular flexibility index (Phi) is 6.45. The molecule has 0 fully saturated rings. The minimum absolute atomic E-state index is 0.0443. The number of likely N-dealkylation sites (N-methyl/N-ethyl adjacent to an activating group) is 1. The smallest absolute Gasteiger partial charge is 0.343 e. The average Bonchev–Trinajstić information content (AvgIpc) is 3.57. The number of benzene rings is 1. The molecule has 3 aliphatic rings. The molecule has 1 aromatic carbocycles. The van der Waals surface area contributed by atoms with Crippen LogP contribution in [0.25, 0.3) is 22.3 Å². The van der Waals surface area contributed by atoms with Crippen molar-refractivity contribution in [1.82, 2.24) is 14.5 Å². The van der Waals surface area contributed by atoms with Crippen LogP contribution in [0.15, 0.2) is 23.0 Å². The number of esters is 2. The molecule has 3 aliphatic heterocycles. The summed E-state index contributed by atoms with van der Waals surface area (Å²) in [7, 11) is 0. The van der Waals surface area contributed by atoms with E-state index >= 15 is 0 Å². The largest absolute Gasteiger partial charge is 0.458 e. The molecule has 2 aromatic heterocycles. The number of carbonyl (C=O) groups is 3. The molecule has 0 saturated carbocycles. The van der Waals surface area contributed by atoms with Gasteiger partial charge in [-0.05, 0) is 37.5 Å². The summed E-state index contributed by atoms with van der Waals surface area (Å²) >= 11 is 0. The van der Waals surface area contributed by atoms with Gasteiger partial charge in [0, 0.05) is 42.6 Å². The van der Waals surface area contributed by atoms with Gasteiger partial charge in [0.05, 0.1) is 29.0 Å². The van der Waals surface area contributed by atoms with Crippen molar-refractivity contribution >= 4 is 28.7 Å². The number of amides is 1. The summed E-state index contributed by atoms with van der Waals surface area (Å²) in [6, 6.07) is 5.31. The van der Waals surface area contributed by atoms with E-state index in [1.807, 2.05) is 13.0 Å². The molecule has 3 aromatic rings. The summed E-state index contributed by atoms with van der Waals surface area (Å²) in [5.74, 6) is -0.507. The number of hydrogen-bond donors (Lipinski definition) is 1. The number of aromatic nitrogens is 2. The van der Waals surface area contributed by atoms with Crippen molar-refractivity contribution < 1.29 is 38.4 Å². The number of carbonyl (C=O) groups excluding carboxylic acids is 3. The molecule has 12 heteroatoms. The second-order valence-electron chi connectivity index (χ2n) is 10.2. The predicted octanol–water partition coefficient (Wildman–Crippen LogP) is 1.76. The van der Waals surface area contributed by atoms with Gasteiger partial charge in [0.25, 0.3) is 11.5 Å². The molecule has 1 N–H and O–H groups in total. The van der Waals surface area contributed by atoms with E-state index in [0.717, 1.165) is 16.5 Å². The highest BCUT2D eigenvalue weighted by Gasteiger charge is 2.45. The van der Waals surface area contributed by atoms with Crippen LogP contribution in [0.2, 0.25) is 0 Å². The Balaban J connectivity index is 1.48. The number of hydrogen-bond acceptors (Lipinski definition) is 10. The van der Waals surface area contributed by atoms with Crippen molar-refractivity contribution in [3.05, 3.63) is 50.8 Å². The lowest BCUT2D eigenvalue weighted by Gasteiger charge is -2.31. The molecular weight excluding hydrogens is 534 g/mol. The molecule has 1 amide bonds. The summed E-state index contributed by atoms with van der Waals surface area (Å²) < 4.78 is 22.9. The zero-order chi connectivity index (χ0) is 29.1. The van der Waals surface area contributed by atoms with E-state index in [0.29, 0.717) is 47.9 Å². The molecule has 6 rings (SSSR count). The molecular formula is C29H29N3O9. The highest BCUT2D eigenvalue weighted by Crippen LogP contribution is 2.43. The second kappa shape index (κ2) is 9.88. The molecule has 0 spiro atoms. The zero-order valence-corrected chi connectivity index (χ0v) is 22.9. The van der Waals surface area contributed by atoms with Gasteiger partial charge in [0.15, 0.2) is 23.7 Å². The van der Waals surface area contributed by atoms with Crippen LogP contribution in [0.1, 0.15) is 49.4 Å². The summed E-state index contributed by atoms with van der Waals surface area (Å²) in [6.07, 6.45) is 0.465. The molecule has 12 nitrogen and oxygen atoms in total. The minimum atomic E-state index is -1.93. The Morgan fingerprint density at radius 3 is 2.59 bits per heavy atom. The number of pyridine rings is 2. The summed E-state index contributed by atoms with van der Waals surface area (Å²) in [5, 5.41) is 12.0. The van der Waals surface area contributed by atoms with Gasteiger partial charge in [-0.15, -0.1) is 0 Å². The molecule has 0 saturated heterocycles. The van der Waals surface area contributed by atoms with Crippen LogP contribution in [-0.4, -0.2) is 63.9 Å². The Hall–Kier alpha value is -4.45. The molecule has 41 heavy (non-hydrogen) atoms. The third-order valence-electron chi connectivity index (χ3n) is 8.07. The summed E-state index contributed by atoms with van der Waals surface area (Å²) in [6.45, 7) is 5.24. The van der Waals surface area contributed by atoms with E-state index < -0.39 is 17.5 Å². The maximum atomic E-state index is 13.7. The first kappa shape index (κ1) is 26.8. The van der Waals surface area contributed by atoms with Crippen molar-refractivity contribution in [2.24, 2.45) is 0 Å². The molecule has 0 unspecified atom stereocenters. The quantitative estimate of drug-likeness (QED) is 0.330. The first-order valence-electron chi connectivity index (χ1n) is 13.5. The SMILES string of the molecule is CCN(CCc1c2c(nc3cc4c(cc13)OCO4)-c1cc3c(c(=O)n1C2)COC(=O)[C@]3(O)CC)C(=O)COC(C)=O. The van der Waals surface area contributed by atoms with E-state index in [9.17, 15) is 24.3 Å². The van der Waals surface area contributed by atoms with Crippen molar-refractivity contribution in [3.8, 4) is 22.9 Å². The standard InChI is InChI=1S/C29H29N3O9/c1-4-29(37)20-9-22-26-18(11-32(22)27(35)19(20)12-39-28(29)36)16(6-7-31(5-2)25(34)13-38-15(3)33)17-8-23-24(41-14-40-23)10-21(17)30-26/h8-10,37H,4-7,11-14H2,1-3H3/t29-/m0/s1. The normalized spacial score (nSPS) is 18.0. The van der Waals surface area contributed by atoms with Gasteiger partial charge in [0.1, 0.15) is 6.61 Å². The van der Waals surface area contributed by atoms with Crippen LogP contribution >= 0.6 is 0 Å². The van der Waals surface area contributed by atoms with Crippen LogP contribution in [0.4, 0.5) is 0 Å². The number of cyclic esters (lactones) is 1. The van der Waals surface area contributed by atoms with Gasteiger partial charge in [-0.1, -0.05) is 6.92 Å². The van der Waals surface area contributed by atoms with E-state index in [4.69, 9.17) is 23.9 Å². The van der Waals surface area contributed by atoms with Crippen LogP contribution in [0.3, 0.4) is 0 Å². The maximum absolute atomic E-state index is 13.7. The van der Waals surface area contributed by atoms with Gasteiger partial charge in [-0.3, -0.25) is 14.4 Å².